The summed E-state index contributed by atoms with van der Waals surface area (Å²) in [6.45, 7) is 0. The minimum absolute atomic E-state index is 0.383. The van der Waals surface area contributed by atoms with Gasteiger partial charge < -0.3 is 24.8 Å². The Kier molecular flexibility index (Phi) is 5.90. The predicted molar refractivity (Wildman–Crippen MR) is 97.4 cm³/mol. The van der Waals surface area contributed by atoms with E-state index >= 15 is 0 Å². The average molecular weight is 353 g/mol. The van der Waals surface area contributed by atoms with Crippen LogP contribution < -0.4 is 24.8 Å². The highest BCUT2D eigenvalue weighted by Crippen LogP contribution is 2.30. The van der Waals surface area contributed by atoms with Gasteiger partial charge in [-0.25, -0.2) is 0 Å². The fourth-order valence-corrected chi connectivity index (χ4v) is 2.35. The van der Waals surface area contributed by atoms with Gasteiger partial charge in [0.05, 0.1) is 32.7 Å². The van der Waals surface area contributed by atoms with Crippen molar-refractivity contribution in [2.75, 3.05) is 32.0 Å². The van der Waals surface area contributed by atoms with Crippen LogP contribution in [0.1, 0.15) is 0 Å². The first kappa shape index (κ1) is 17.2. The Morgan fingerprint density at radius 3 is 2.22 bits per heavy atom. The summed E-state index contributed by atoms with van der Waals surface area (Å²) in [5.74, 6) is 1.95. The minimum Gasteiger partial charge on any atom is -0.497 e. The summed E-state index contributed by atoms with van der Waals surface area (Å²) in [6.07, 6.45) is 0. The van der Waals surface area contributed by atoms with Crippen LogP contribution >= 0.6 is 23.8 Å². The lowest BCUT2D eigenvalue weighted by Gasteiger charge is -2.16. The van der Waals surface area contributed by atoms with Crippen LogP contribution in [0.15, 0.2) is 36.4 Å². The van der Waals surface area contributed by atoms with Gasteiger partial charge in [-0.15, -0.1) is 0 Å². The first-order valence-electron chi connectivity index (χ1n) is 6.71. The fraction of sp³-hybridized carbons (Fsp3) is 0.188. The maximum atomic E-state index is 6.01. The van der Waals surface area contributed by atoms with Crippen molar-refractivity contribution in [3.05, 3.63) is 41.4 Å². The largest absolute Gasteiger partial charge is 0.497 e. The van der Waals surface area contributed by atoms with Crippen molar-refractivity contribution in [3.63, 3.8) is 0 Å². The van der Waals surface area contributed by atoms with Crippen LogP contribution in [-0.2, 0) is 0 Å². The molecule has 23 heavy (non-hydrogen) atoms. The van der Waals surface area contributed by atoms with Crippen molar-refractivity contribution < 1.29 is 14.2 Å². The Hall–Kier alpha value is -2.18. The molecule has 0 heterocycles. The monoisotopic (exact) mass is 352 g/mol. The smallest absolute Gasteiger partial charge is 0.175 e. The highest BCUT2D eigenvalue weighted by atomic mass is 35.5. The van der Waals surface area contributed by atoms with E-state index in [1.807, 2.05) is 12.1 Å². The summed E-state index contributed by atoms with van der Waals surface area (Å²) in [5.41, 5.74) is 1.39. The molecular weight excluding hydrogens is 336 g/mol. The van der Waals surface area contributed by atoms with Crippen LogP contribution in [0.4, 0.5) is 11.4 Å². The molecule has 0 aliphatic heterocycles. The van der Waals surface area contributed by atoms with Gasteiger partial charge in [-0.2, -0.15) is 0 Å². The third-order valence-corrected chi connectivity index (χ3v) is 3.51. The van der Waals surface area contributed by atoms with Gasteiger partial charge in [0.15, 0.2) is 5.11 Å². The van der Waals surface area contributed by atoms with E-state index in [9.17, 15) is 0 Å². The van der Waals surface area contributed by atoms with Crippen molar-refractivity contribution in [1.29, 1.82) is 0 Å². The normalized spacial score (nSPS) is 9.91. The molecule has 0 saturated carbocycles. The lowest BCUT2D eigenvalue weighted by molar-refractivity contribution is 0.395. The van der Waals surface area contributed by atoms with E-state index in [0.29, 0.717) is 38.8 Å². The van der Waals surface area contributed by atoms with Crippen LogP contribution in [0.3, 0.4) is 0 Å². The molecule has 0 spiro atoms. The summed E-state index contributed by atoms with van der Waals surface area (Å²) in [4.78, 5) is 0. The quantitative estimate of drug-likeness (QED) is 0.787. The number of anilines is 2. The van der Waals surface area contributed by atoms with Gasteiger partial charge in [0, 0.05) is 11.1 Å². The topological polar surface area (TPSA) is 51.8 Å². The number of nitrogens with one attached hydrogen (secondary N) is 2. The molecule has 0 unspecified atom stereocenters. The van der Waals surface area contributed by atoms with Gasteiger partial charge in [0.25, 0.3) is 0 Å². The van der Waals surface area contributed by atoms with E-state index in [-0.39, 0.29) is 0 Å². The van der Waals surface area contributed by atoms with Crippen molar-refractivity contribution in [2.45, 2.75) is 0 Å². The third kappa shape index (κ3) is 4.40. The molecule has 0 aliphatic rings. The van der Waals surface area contributed by atoms with Gasteiger partial charge in [-0.3, -0.25) is 0 Å². The number of benzene rings is 2. The zero-order valence-corrected chi connectivity index (χ0v) is 14.5. The number of thiocarbonyl (C=S) groups is 1. The second-order valence-corrected chi connectivity index (χ2v) is 5.33. The maximum Gasteiger partial charge on any atom is 0.175 e. The molecule has 2 N–H and O–H groups in total. The molecule has 0 radical (unpaired) electrons. The van der Waals surface area contributed by atoms with Crippen LogP contribution in [-0.4, -0.2) is 26.4 Å². The Morgan fingerprint density at radius 2 is 1.57 bits per heavy atom. The zero-order chi connectivity index (χ0) is 16.8. The molecule has 7 heteroatoms. The van der Waals surface area contributed by atoms with E-state index in [0.717, 1.165) is 0 Å². The van der Waals surface area contributed by atoms with Crippen LogP contribution in [0, 0.1) is 0 Å². The van der Waals surface area contributed by atoms with Crippen LogP contribution in [0.5, 0.6) is 17.2 Å². The predicted octanol–water partition coefficient (Wildman–Crippen LogP) is 4.17. The standard InChI is InChI=1S/C16H17ClN2O3S/c1-20-11-5-6-12(15(9-11)22-3)18-16(23)19-13-8-10(17)4-7-14(13)21-2/h4-9H,1-3H3,(H2,18,19,23). The summed E-state index contributed by atoms with van der Waals surface area (Å²) in [7, 11) is 4.76. The Morgan fingerprint density at radius 1 is 0.870 bits per heavy atom. The van der Waals surface area contributed by atoms with Gasteiger partial charge in [0.1, 0.15) is 17.2 Å². The van der Waals surface area contributed by atoms with Gasteiger partial charge >= 0.3 is 0 Å². The van der Waals surface area contributed by atoms with Crippen LogP contribution in [0.25, 0.3) is 0 Å². The SMILES string of the molecule is COc1ccc(NC(=S)Nc2cc(Cl)ccc2OC)c(OC)c1. The molecular formula is C16H17ClN2O3S. The highest BCUT2D eigenvalue weighted by molar-refractivity contribution is 7.80. The number of ether oxygens (including phenoxy) is 3. The number of hydrogen-bond acceptors (Lipinski definition) is 4. The summed E-state index contributed by atoms with van der Waals surface area (Å²) in [5, 5.41) is 7.09. The first-order valence-corrected chi connectivity index (χ1v) is 7.49. The van der Waals surface area contributed by atoms with E-state index in [1.54, 1.807) is 45.6 Å². The number of hydrogen-bond donors (Lipinski definition) is 2. The van der Waals surface area contributed by atoms with Gasteiger partial charge in [-0.1, -0.05) is 11.6 Å². The lowest BCUT2D eigenvalue weighted by atomic mass is 10.2. The van der Waals surface area contributed by atoms with Crippen LogP contribution in [0.2, 0.25) is 5.02 Å². The number of halogens is 1. The molecule has 2 rings (SSSR count). The average Bonchev–Trinajstić information content (AvgIpc) is 2.55. The molecule has 0 aliphatic carbocycles. The third-order valence-electron chi connectivity index (χ3n) is 3.07. The van der Waals surface area contributed by atoms with Gasteiger partial charge in [0.2, 0.25) is 0 Å². The molecule has 122 valence electrons. The second kappa shape index (κ2) is 7.89. The number of methoxy groups -OCH3 is 3. The van der Waals surface area contributed by atoms with E-state index in [2.05, 4.69) is 10.6 Å². The first-order chi connectivity index (χ1) is 11.1. The molecule has 5 nitrogen and oxygen atoms in total. The van der Waals surface area contributed by atoms with Crippen molar-refractivity contribution in [2.24, 2.45) is 0 Å². The second-order valence-electron chi connectivity index (χ2n) is 4.49. The molecule has 2 aromatic carbocycles. The maximum absolute atomic E-state index is 6.01. The zero-order valence-electron chi connectivity index (χ0n) is 13.0. The van der Waals surface area contributed by atoms with E-state index in [1.165, 1.54) is 0 Å². The molecule has 0 atom stereocenters. The minimum atomic E-state index is 0.383. The molecule has 0 fully saturated rings. The van der Waals surface area contributed by atoms with Crippen molar-refractivity contribution in [1.82, 2.24) is 0 Å². The molecule has 0 amide bonds. The lowest BCUT2D eigenvalue weighted by Crippen LogP contribution is -2.20. The van der Waals surface area contributed by atoms with E-state index < -0.39 is 0 Å². The Labute approximate surface area is 145 Å². The molecule has 0 aromatic heterocycles. The molecule has 0 bridgehead atoms. The van der Waals surface area contributed by atoms with E-state index in [4.69, 9.17) is 38.0 Å². The van der Waals surface area contributed by atoms with Gasteiger partial charge in [-0.05, 0) is 42.5 Å². The summed E-state index contributed by atoms with van der Waals surface area (Å²) < 4.78 is 15.8. The summed E-state index contributed by atoms with van der Waals surface area (Å²) in [6, 6.07) is 10.6. The molecule has 0 saturated heterocycles. The summed E-state index contributed by atoms with van der Waals surface area (Å²) >= 11 is 11.3. The van der Waals surface area contributed by atoms with Crippen molar-refractivity contribution >= 4 is 40.3 Å². The highest BCUT2D eigenvalue weighted by Gasteiger charge is 2.09. The number of rotatable bonds is 5. The Bertz CT molecular complexity index is 710. The Balaban J connectivity index is 2.15. The van der Waals surface area contributed by atoms with Crippen molar-refractivity contribution in [3.8, 4) is 17.2 Å². The molecule has 2 aromatic rings. The fourth-order valence-electron chi connectivity index (χ4n) is 1.96.